The van der Waals surface area contributed by atoms with Crippen LogP contribution in [0.4, 0.5) is 13.2 Å². The lowest BCUT2D eigenvalue weighted by atomic mass is 10.6. The second-order valence-corrected chi connectivity index (χ2v) is 1.16. The first-order valence-electron chi connectivity index (χ1n) is 1.81. The van der Waals surface area contributed by atoms with E-state index in [0.29, 0.717) is 0 Å². The number of aliphatic hydroxyl groups is 1. The average Bonchev–Trinajstić information content (AvgIpc) is 1.64. The number of alkyl halides is 3. The van der Waals surface area contributed by atoms with Crippen LogP contribution in [0.3, 0.4) is 0 Å². The van der Waals surface area contributed by atoms with Crippen LogP contribution in [0.5, 0.6) is 0 Å². The summed E-state index contributed by atoms with van der Waals surface area (Å²) >= 11 is 0. The molecule has 0 amide bonds. The van der Waals surface area contributed by atoms with Gasteiger partial charge in [0, 0.05) is 0 Å². The van der Waals surface area contributed by atoms with Crippen LogP contribution in [-0.2, 0) is 0 Å². The molecule has 9 heavy (non-hydrogen) atoms. The molecule has 1 unspecified atom stereocenters. The van der Waals surface area contributed by atoms with E-state index in [2.05, 4.69) is 0 Å². The Bertz CT molecular complexity index is 102. The minimum Gasteiger partial charge on any atom is -0.365 e. The zero-order valence-electron chi connectivity index (χ0n) is 4.01. The first-order chi connectivity index (χ1) is 3.98. The van der Waals surface area contributed by atoms with Crippen LogP contribution >= 0.6 is 0 Å². The number of hydrogen-bond acceptors (Lipinski definition) is 3. The molecule has 0 rings (SSSR count). The average molecular weight is 144 g/mol. The fourth-order valence-corrected chi connectivity index (χ4v) is 0.123. The van der Waals surface area contributed by atoms with Gasteiger partial charge in [0.05, 0.1) is 5.29 Å². The monoisotopic (exact) mass is 144 g/mol. The van der Waals surface area contributed by atoms with Crippen LogP contribution < -0.4 is 5.43 Å². The van der Waals surface area contributed by atoms with Gasteiger partial charge in [-0.25, -0.2) is 5.43 Å². The zero-order chi connectivity index (χ0) is 7.49. The number of nitrogens with one attached hydrogen (secondary N) is 1. The van der Waals surface area contributed by atoms with Crippen molar-refractivity contribution in [3.63, 3.8) is 0 Å². The van der Waals surface area contributed by atoms with E-state index < -0.39 is 12.4 Å². The van der Waals surface area contributed by atoms with Crippen LogP contribution in [0.15, 0.2) is 5.29 Å². The summed E-state index contributed by atoms with van der Waals surface area (Å²) in [6.45, 7) is 0. The number of hydrogen-bond donors (Lipinski definition) is 2. The van der Waals surface area contributed by atoms with E-state index >= 15 is 0 Å². The fourth-order valence-electron chi connectivity index (χ4n) is 0.123. The van der Waals surface area contributed by atoms with Crippen molar-refractivity contribution in [2.24, 2.45) is 5.29 Å². The van der Waals surface area contributed by atoms with Crippen molar-refractivity contribution < 1.29 is 18.3 Å². The molecule has 0 saturated carbocycles. The maximum absolute atomic E-state index is 11.1. The summed E-state index contributed by atoms with van der Waals surface area (Å²) < 4.78 is 33.4. The van der Waals surface area contributed by atoms with Crippen molar-refractivity contribution in [1.82, 2.24) is 5.43 Å². The molecule has 0 aliphatic rings. The number of nitrogens with zero attached hydrogens (tertiary/aromatic N) is 1. The Morgan fingerprint density at radius 3 is 2.11 bits per heavy atom. The highest BCUT2D eigenvalue weighted by molar-refractivity contribution is 4.58. The zero-order valence-corrected chi connectivity index (χ0v) is 4.01. The quantitative estimate of drug-likeness (QED) is 0.329. The van der Waals surface area contributed by atoms with E-state index in [1.165, 1.54) is 0 Å². The van der Waals surface area contributed by atoms with Crippen LogP contribution in [0.25, 0.3) is 0 Å². The molecule has 4 nitrogen and oxygen atoms in total. The third kappa shape index (κ3) is 2.85. The molecule has 0 aromatic carbocycles. The predicted octanol–water partition coefficient (Wildman–Crippen LogP) is 0.138. The summed E-state index contributed by atoms with van der Waals surface area (Å²) in [5.74, 6) is 0. The summed E-state index contributed by atoms with van der Waals surface area (Å²) in [6, 6.07) is 0. The number of halogens is 3. The first kappa shape index (κ1) is 8.15. The smallest absolute Gasteiger partial charge is 0.365 e. The lowest BCUT2D eigenvalue weighted by Crippen LogP contribution is -2.38. The van der Waals surface area contributed by atoms with Crippen molar-refractivity contribution in [3.05, 3.63) is 4.91 Å². The third-order valence-electron chi connectivity index (χ3n) is 0.485. The van der Waals surface area contributed by atoms with Gasteiger partial charge in [-0.05, 0) is 0 Å². The Morgan fingerprint density at radius 1 is 1.56 bits per heavy atom. The second kappa shape index (κ2) is 2.62. The SMILES string of the molecule is O=NNC(O)C(F)(F)F. The van der Waals surface area contributed by atoms with Gasteiger partial charge in [0.1, 0.15) is 0 Å². The molecule has 0 aliphatic carbocycles. The molecule has 0 aliphatic heterocycles. The molecule has 7 heteroatoms. The maximum Gasteiger partial charge on any atom is 0.434 e. The standard InChI is InChI=1S/C2H3F3N2O2/c3-2(4,5)1(8)6-7-9/h1,8H,(H,6,9). The predicted molar refractivity (Wildman–Crippen MR) is 21.0 cm³/mol. The van der Waals surface area contributed by atoms with Gasteiger partial charge < -0.3 is 5.11 Å². The molecule has 1 atom stereocenters. The van der Waals surface area contributed by atoms with Gasteiger partial charge >= 0.3 is 6.18 Å². The van der Waals surface area contributed by atoms with Crippen molar-refractivity contribution in [3.8, 4) is 0 Å². The topological polar surface area (TPSA) is 61.7 Å². The van der Waals surface area contributed by atoms with Gasteiger partial charge in [0.25, 0.3) is 0 Å². The van der Waals surface area contributed by atoms with Crippen molar-refractivity contribution >= 4 is 0 Å². The molecule has 0 radical (unpaired) electrons. The molecule has 54 valence electrons. The summed E-state index contributed by atoms with van der Waals surface area (Å²) in [5.41, 5.74) is 0.885. The molecule has 0 bridgehead atoms. The van der Waals surface area contributed by atoms with E-state index in [0.717, 1.165) is 5.43 Å². The summed E-state index contributed by atoms with van der Waals surface area (Å²) in [6.07, 6.45) is -7.71. The largest absolute Gasteiger partial charge is 0.434 e. The van der Waals surface area contributed by atoms with Crippen molar-refractivity contribution in [2.75, 3.05) is 0 Å². The van der Waals surface area contributed by atoms with Crippen LogP contribution in [0.2, 0.25) is 0 Å². The van der Waals surface area contributed by atoms with Crippen LogP contribution in [-0.4, -0.2) is 17.5 Å². The number of aliphatic hydroxyl groups excluding tert-OH is 1. The van der Waals surface area contributed by atoms with E-state index in [9.17, 15) is 13.2 Å². The Balaban J connectivity index is 3.72. The fraction of sp³-hybridized carbons (Fsp3) is 1.00. The molecular formula is C2H3F3N2O2. The van der Waals surface area contributed by atoms with E-state index in [-0.39, 0.29) is 0 Å². The molecule has 0 saturated heterocycles. The van der Waals surface area contributed by atoms with Gasteiger partial charge in [-0.15, -0.1) is 4.91 Å². The van der Waals surface area contributed by atoms with Gasteiger partial charge in [0.2, 0.25) is 6.23 Å². The van der Waals surface area contributed by atoms with Crippen molar-refractivity contribution in [2.45, 2.75) is 12.4 Å². The Hall–Kier alpha value is -0.850. The summed E-state index contributed by atoms with van der Waals surface area (Å²) in [7, 11) is 0. The molecule has 0 heterocycles. The Kier molecular flexibility index (Phi) is 2.38. The minimum absolute atomic E-state index is 0.885. The number of nitroso groups, excluding NO2 is 1. The highest BCUT2D eigenvalue weighted by atomic mass is 19.4. The van der Waals surface area contributed by atoms with Crippen LogP contribution in [0, 0.1) is 4.91 Å². The highest BCUT2D eigenvalue weighted by Gasteiger charge is 2.38. The van der Waals surface area contributed by atoms with E-state index in [4.69, 9.17) is 10.0 Å². The van der Waals surface area contributed by atoms with Gasteiger partial charge in [-0.2, -0.15) is 13.2 Å². The summed E-state index contributed by atoms with van der Waals surface area (Å²) in [4.78, 5) is 9.04. The lowest BCUT2D eigenvalue weighted by Gasteiger charge is -2.10. The van der Waals surface area contributed by atoms with Crippen LogP contribution in [0.1, 0.15) is 0 Å². The summed E-state index contributed by atoms with van der Waals surface area (Å²) in [5, 5.41) is 9.49. The molecule has 0 fully saturated rings. The lowest BCUT2D eigenvalue weighted by molar-refractivity contribution is -0.213. The first-order valence-corrected chi connectivity index (χ1v) is 1.81. The number of rotatable bonds is 2. The van der Waals surface area contributed by atoms with Gasteiger partial charge in [-0.3, -0.25) is 0 Å². The van der Waals surface area contributed by atoms with Gasteiger partial charge in [-0.1, -0.05) is 0 Å². The van der Waals surface area contributed by atoms with E-state index in [1.807, 2.05) is 0 Å². The molecule has 0 aromatic heterocycles. The van der Waals surface area contributed by atoms with E-state index in [1.54, 1.807) is 5.29 Å². The van der Waals surface area contributed by atoms with Gasteiger partial charge in [0.15, 0.2) is 0 Å². The molecule has 2 N–H and O–H groups in total. The van der Waals surface area contributed by atoms with Crippen molar-refractivity contribution in [1.29, 1.82) is 0 Å². The molecule has 0 aromatic rings. The minimum atomic E-state index is -4.84. The molecule has 0 spiro atoms. The second-order valence-electron chi connectivity index (χ2n) is 1.16. The normalized spacial score (nSPS) is 14.7. The molecular weight excluding hydrogens is 141 g/mol. The highest BCUT2D eigenvalue weighted by Crippen LogP contribution is 2.17. The maximum atomic E-state index is 11.1. The Morgan fingerprint density at radius 2 is 2.00 bits per heavy atom. The Labute approximate surface area is 47.6 Å². The third-order valence-corrected chi connectivity index (χ3v) is 0.485.